The van der Waals surface area contributed by atoms with E-state index in [4.69, 9.17) is 4.74 Å². The first kappa shape index (κ1) is 21.1. The van der Waals surface area contributed by atoms with Crippen LogP contribution < -0.4 is 9.64 Å². The molecule has 8 heteroatoms. The molecule has 2 aromatic rings. The Balaban J connectivity index is 1.32. The van der Waals surface area contributed by atoms with Gasteiger partial charge in [-0.1, -0.05) is 12.1 Å². The van der Waals surface area contributed by atoms with Crippen molar-refractivity contribution >= 4 is 15.7 Å². The Morgan fingerprint density at radius 2 is 1.53 bits per heavy atom. The number of methoxy groups -OCH3 is 1. The summed E-state index contributed by atoms with van der Waals surface area (Å²) in [5.41, 5.74) is 1.12. The highest BCUT2D eigenvalue weighted by Gasteiger charge is 2.33. The molecule has 2 aliphatic rings. The third kappa shape index (κ3) is 4.31. The number of hydrogen-bond acceptors (Lipinski definition) is 5. The van der Waals surface area contributed by atoms with Crippen LogP contribution in [0.3, 0.4) is 0 Å². The Morgan fingerprint density at radius 1 is 0.900 bits per heavy atom. The molecule has 0 amide bonds. The Labute approximate surface area is 177 Å². The second-order valence-electron chi connectivity index (χ2n) is 7.78. The highest BCUT2D eigenvalue weighted by atomic mass is 32.2. The summed E-state index contributed by atoms with van der Waals surface area (Å²) in [5, 5.41) is 0. The maximum atomic E-state index is 13.1. The minimum Gasteiger partial charge on any atom is -0.495 e. The van der Waals surface area contributed by atoms with E-state index in [-0.39, 0.29) is 4.90 Å². The largest absolute Gasteiger partial charge is 0.495 e. The normalized spacial score (nSPS) is 19.7. The fraction of sp³-hybridized carbons (Fsp3) is 0.455. The molecule has 4 rings (SSSR count). The first-order chi connectivity index (χ1) is 14.5. The lowest BCUT2D eigenvalue weighted by Gasteiger charge is -2.43. The van der Waals surface area contributed by atoms with E-state index in [1.165, 1.54) is 28.6 Å². The van der Waals surface area contributed by atoms with Gasteiger partial charge in [-0.15, -0.1) is 0 Å². The summed E-state index contributed by atoms with van der Waals surface area (Å²) in [6, 6.07) is 13.5. The van der Waals surface area contributed by atoms with Crippen molar-refractivity contribution in [1.29, 1.82) is 0 Å². The molecule has 2 aromatic carbocycles. The van der Waals surface area contributed by atoms with Gasteiger partial charge in [-0.25, -0.2) is 12.8 Å². The number of sulfonamides is 1. The molecule has 2 saturated heterocycles. The van der Waals surface area contributed by atoms with Gasteiger partial charge in [0.05, 0.1) is 17.7 Å². The van der Waals surface area contributed by atoms with Gasteiger partial charge in [-0.3, -0.25) is 4.90 Å². The van der Waals surface area contributed by atoms with Crippen molar-refractivity contribution in [3.63, 3.8) is 0 Å². The van der Waals surface area contributed by atoms with Crippen molar-refractivity contribution in [2.24, 2.45) is 0 Å². The predicted molar refractivity (Wildman–Crippen MR) is 115 cm³/mol. The molecule has 0 radical (unpaired) electrons. The number of hydrogen-bond donors (Lipinski definition) is 0. The summed E-state index contributed by atoms with van der Waals surface area (Å²) in [4.78, 5) is 4.99. The molecule has 6 nitrogen and oxygen atoms in total. The minimum atomic E-state index is -3.56. The summed E-state index contributed by atoms with van der Waals surface area (Å²) < 4.78 is 45.8. The Hall–Kier alpha value is -2.16. The monoisotopic (exact) mass is 433 g/mol. The van der Waals surface area contributed by atoms with Crippen molar-refractivity contribution in [3.05, 3.63) is 54.3 Å². The molecule has 2 heterocycles. The van der Waals surface area contributed by atoms with E-state index in [0.29, 0.717) is 19.1 Å². The highest BCUT2D eigenvalue weighted by molar-refractivity contribution is 7.89. The van der Waals surface area contributed by atoms with Gasteiger partial charge in [0.1, 0.15) is 11.6 Å². The van der Waals surface area contributed by atoms with E-state index in [0.717, 1.165) is 50.5 Å². The summed E-state index contributed by atoms with van der Waals surface area (Å²) in [6.07, 6.45) is 1.63. The van der Waals surface area contributed by atoms with Gasteiger partial charge in [-0.2, -0.15) is 4.31 Å². The number of piperazine rings is 1. The van der Waals surface area contributed by atoms with Crippen LogP contribution in [0.2, 0.25) is 0 Å². The quantitative estimate of drug-likeness (QED) is 0.726. The molecule has 2 aliphatic heterocycles. The lowest BCUT2D eigenvalue weighted by molar-refractivity contribution is 0.132. The second kappa shape index (κ2) is 8.91. The first-order valence-corrected chi connectivity index (χ1v) is 11.8. The molecule has 0 aliphatic carbocycles. The Bertz CT molecular complexity index is 952. The van der Waals surface area contributed by atoms with Crippen LogP contribution in [0.5, 0.6) is 5.75 Å². The molecular weight excluding hydrogens is 405 g/mol. The maximum absolute atomic E-state index is 13.1. The number of piperidine rings is 1. The Kier molecular flexibility index (Phi) is 6.26. The fourth-order valence-electron chi connectivity index (χ4n) is 4.42. The molecule has 0 unspecified atom stereocenters. The van der Waals surface area contributed by atoms with Gasteiger partial charge in [0.15, 0.2) is 0 Å². The van der Waals surface area contributed by atoms with Gasteiger partial charge >= 0.3 is 0 Å². The summed E-state index contributed by atoms with van der Waals surface area (Å²) >= 11 is 0. The van der Waals surface area contributed by atoms with Crippen LogP contribution in [0.25, 0.3) is 0 Å². The van der Waals surface area contributed by atoms with E-state index in [2.05, 4.69) is 15.9 Å². The molecule has 0 aromatic heterocycles. The highest BCUT2D eigenvalue weighted by Crippen LogP contribution is 2.30. The van der Waals surface area contributed by atoms with Gasteiger partial charge in [0, 0.05) is 45.3 Å². The zero-order valence-corrected chi connectivity index (χ0v) is 18.0. The van der Waals surface area contributed by atoms with Crippen LogP contribution in [0, 0.1) is 5.82 Å². The van der Waals surface area contributed by atoms with E-state index in [1.807, 2.05) is 18.2 Å². The van der Waals surface area contributed by atoms with Crippen molar-refractivity contribution in [2.75, 3.05) is 51.3 Å². The summed E-state index contributed by atoms with van der Waals surface area (Å²) in [5.74, 6) is 0.463. The molecular formula is C22H28FN3O3S. The van der Waals surface area contributed by atoms with Gasteiger partial charge in [0.2, 0.25) is 10.0 Å². The standard InChI is InChI=1S/C22H28FN3O3S/c1-29-22-5-3-2-4-21(22)25-16-14-24(15-17-25)19-10-12-26(13-11-19)30(27,28)20-8-6-18(23)7-9-20/h2-9,19H,10-17H2,1H3. The SMILES string of the molecule is COc1ccccc1N1CCN(C2CCN(S(=O)(=O)c3ccc(F)cc3)CC2)CC1. The number of ether oxygens (including phenoxy) is 1. The maximum Gasteiger partial charge on any atom is 0.243 e. The number of benzene rings is 2. The third-order valence-electron chi connectivity index (χ3n) is 6.13. The molecule has 162 valence electrons. The van der Waals surface area contributed by atoms with E-state index in [9.17, 15) is 12.8 Å². The Morgan fingerprint density at radius 3 is 2.17 bits per heavy atom. The van der Waals surface area contributed by atoms with Crippen LogP contribution in [0.1, 0.15) is 12.8 Å². The number of para-hydroxylation sites is 2. The molecule has 0 saturated carbocycles. The predicted octanol–water partition coefficient (Wildman–Crippen LogP) is 2.81. The summed E-state index contributed by atoms with van der Waals surface area (Å²) in [6.45, 7) is 4.75. The molecule has 2 fully saturated rings. The number of nitrogens with zero attached hydrogens (tertiary/aromatic N) is 3. The smallest absolute Gasteiger partial charge is 0.243 e. The zero-order chi connectivity index (χ0) is 21.1. The van der Waals surface area contributed by atoms with Gasteiger partial charge in [-0.05, 0) is 49.2 Å². The van der Waals surface area contributed by atoms with Crippen molar-refractivity contribution in [2.45, 2.75) is 23.8 Å². The van der Waals surface area contributed by atoms with Crippen LogP contribution in [-0.4, -0.2) is 70.0 Å². The van der Waals surface area contributed by atoms with Crippen LogP contribution in [0.15, 0.2) is 53.4 Å². The third-order valence-corrected chi connectivity index (χ3v) is 8.04. The lowest BCUT2D eigenvalue weighted by Crippen LogP contribution is -2.53. The van der Waals surface area contributed by atoms with E-state index < -0.39 is 15.8 Å². The molecule has 0 bridgehead atoms. The number of rotatable bonds is 5. The van der Waals surface area contributed by atoms with Crippen LogP contribution in [-0.2, 0) is 10.0 Å². The molecule has 0 N–H and O–H groups in total. The molecule has 30 heavy (non-hydrogen) atoms. The second-order valence-corrected chi connectivity index (χ2v) is 9.72. The molecule has 0 atom stereocenters. The van der Waals surface area contributed by atoms with Crippen molar-refractivity contribution < 1.29 is 17.5 Å². The minimum absolute atomic E-state index is 0.160. The lowest BCUT2D eigenvalue weighted by atomic mass is 10.0. The number of halogens is 1. The van der Waals surface area contributed by atoms with Crippen LogP contribution in [0.4, 0.5) is 10.1 Å². The average molecular weight is 434 g/mol. The number of anilines is 1. The first-order valence-electron chi connectivity index (χ1n) is 10.4. The van der Waals surface area contributed by atoms with Gasteiger partial charge < -0.3 is 9.64 Å². The van der Waals surface area contributed by atoms with E-state index in [1.54, 1.807) is 7.11 Å². The van der Waals surface area contributed by atoms with Crippen molar-refractivity contribution in [3.8, 4) is 5.75 Å². The van der Waals surface area contributed by atoms with E-state index >= 15 is 0 Å². The fourth-order valence-corrected chi connectivity index (χ4v) is 5.89. The summed E-state index contributed by atoms with van der Waals surface area (Å²) in [7, 11) is -1.86. The van der Waals surface area contributed by atoms with Gasteiger partial charge in [0.25, 0.3) is 0 Å². The van der Waals surface area contributed by atoms with Crippen LogP contribution >= 0.6 is 0 Å². The average Bonchev–Trinajstić information content (AvgIpc) is 2.79. The zero-order valence-electron chi connectivity index (χ0n) is 17.2. The molecule has 0 spiro atoms. The van der Waals surface area contributed by atoms with Crippen molar-refractivity contribution in [1.82, 2.24) is 9.21 Å². The topological polar surface area (TPSA) is 53.1 Å².